The fourth-order valence-electron chi connectivity index (χ4n) is 2.62. The number of anilines is 2. The number of likely N-dealkylation sites (N-methyl/N-ethyl adjacent to an activating group) is 1. The number of amides is 1. The highest BCUT2D eigenvalue weighted by Crippen LogP contribution is 2.18. The quantitative estimate of drug-likeness (QED) is 0.727. The van der Waals surface area contributed by atoms with Crippen molar-refractivity contribution >= 4 is 17.4 Å². The Bertz CT molecular complexity index is 910. The Kier molecular flexibility index (Phi) is 5.76. The van der Waals surface area contributed by atoms with E-state index in [-0.39, 0.29) is 5.91 Å². The molecule has 0 aliphatic rings. The maximum Gasteiger partial charge on any atom is 0.274 e. The topological polar surface area (TPSA) is 71.0 Å². The van der Waals surface area contributed by atoms with Crippen LogP contribution in [0.25, 0.3) is 0 Å². The molecule has 0 fully saturated rings. The highest BCUT2D eigenvalue weighted by molar-refractivity contribution is 5.92. The number of carbonyl (C=O) groups is 1. The van der Waals surface area contributed by atoms with Gasteiger partial charge in [-0.1, -0.05) is 6.07 Å². The van der Waals surface area contributed by atoms with Crippen molar-refractivity contribution in [2.24, 2.45) is 0 Å². The third-order valence-corrected chi connectivity index (χ3v) is 4.49. The van der Waals surface area contributed by atoms with Crippen LogP contribution in [0.15, 0.2) is 54.9 Å². The Hall–Kier alpha value is -3.28. The first-order valence-corrected chi connectivity index (χ1v) is 8.85. The average Bonchev–Trinajstić information content (AvgIpc) is 2.70. The molecule has 1 amide bonds. The monoisotopic (exact) mass is 361 g/mol. The van der Waals surface area contributed by atoms with Crippen molar-refractivity contribution in [1.82, 2.24) is 20.1 Å². The largest absolute Gasteiger partial charge is 0.340 e. The SMILES string of the molecule is Cc1ccc(Nc2ccc(C(=O)N(C)CCc3ccncc3)nn2)cc1C. The molecule has 1 N–H and O–H groups in total. The number of carbonyl (C=O) groups excluding carboxylic acids is 1. The van der Waals surface area contributed by atoms with Gasteiger partial charge in [-0.25, -0.2) is 0 Å². The standard InChI is InChI=1S/C21H23N5O/c1-15-4-5-18(14-16(15)2)23-20-7-6-19(24-25-20)21(27)26(3)13-10-17-8-11-22-12-9-17/h4-9,11-12,14H,10,13H2,1-3H3,(H,23,25). The Labute approximate surface area is 159 Å². The van der Waals surface area contributed by atoms with E-state index >= 15 is 0 Å². The molecular formula is C21H23N5O. The summed E-state index contributed by atoms with van der Waals surface area (Å²) in [6, 6.07) is 13.5. The van der Waals surface area contributed by atoms with Crippen molar-refractivity contribution in [3.63, 3.8) is 0 Å². The number of rotatable bonds is 6. The summed E-state index contributed by atoms with van der Waals surface area (Å²) in [7, 11) is 1.77. The van der Waals surface area contributed by atoms with Gasteiger partial charge < -0.3 is 10.2 Å². The second-order valence-electron chi connectivity index (χ2n) is 6.56. The molecule has 0 atom stereocenters. The van der Waals surface area contributed by atoms with Gasteiger partial charge >= 0.3 is 0 Å². The summed E-state index contributed by atoms with van der Waals surface area (Å²) in [5, 5.41) is 11.4. The van der Waals surface area contributed by atoms with Crippen molar-refractivity contribution in [2.75, 3.05) is 18.9 Å². The third-order valence-electron chi connectivity index (χ3n) is 4.49. The van der Waals surface area contributed by atoms with Gasteiger partial charge in [-0.2, -0.15) is 0 Å². The predicted molar refractivity (Wildman–Crippen MR) is 106 cm³/mol. The first kappa shape index (κ1) is 18.5. The van der Waals surface area contributed by atoms with Gasteiger partial charge in [-0.3, -0.25) is 9.78 Å². The van der Waals surface area contributed by atoms with E-state index in [1.807, 2.05) is 18.2 Å². The molecule has 0 spiro atoms. The Balaban J connectivity index is 1.60. The van der Waals surface area contributed by atoms with Crippen LogP contribution in [-0.4, -0.2) is 39.6 Å². The Morgan fingerprint density at radius 2 is 1.78 bits per heavy atom. The molecule has 0 aliphatic heterocycles. The zero-order valence-corrected chi connectivity index (χ0v) is 15.8. The summed E-state index contributed by atoms with van der Waals surface area (Å²) in [6.45, 7) is 4.74. The second-order valence-corrected chi connectivity index (χ2v) is 6.56. The molecule has 27 heavy (non-hydrogen) atoms. The first-order valence-electron chi connectivity index (χ1n) is 8.85. The van der Waals surface area contributed by atoms with E-state index in [1.165, 1.54) is 11.1 Å². The number of hydrogen-bond acceptors (Lipinski definition) is 5. The van der Waals surface area contributed by atoms with Crippen LogP contribution < -0.4 is 5.32 Å². The maximum atomic E-state index is 12.5. The van der Waals surface area contributed by atoms with Crippen LogP contribution in [0, 0.1) is 13.8 Å². The van der Waals surface area contributed by atoms with Crippen LogP contribution in [0.1, 0.15) is 27.2 Å². The number of hydrogen-bond donors (Lipinski definition) is 1. The van der Waals surface area contributed by atoms with Gasteiger partial charge in [0.1, 0.15) is 0 Å². The molecular weight excluding hydrogens is 338 g/mol. The van der Waals surface area contributed by atoms with Crippen LogP contribution in [0.3, 0.4) is 0 Å². The molecule has 0 saturated carbocycles. The number of aromatic nitrogens is 3. The van der Waals surface area contributed by atoms with Gasteiger partial charge in [0.15, 0.2) is 11.5 Å². The molecule has 0 bridgehead atoms. The Morgan fingerprint density at radius 3 is 2.44 bits per heavy atom. The number of pyridine rings is 1. The summed E-state index contributed by atoms with van der Waals surface area (Å²) >= 11 is 0. The zero-order chi connectivity index (χ0) is 19.2. The van der Waals surface area contributed by atoms with Crippen molar-refractivity contribution < 1.29 is 4.79 Å². The molecule has 0 aliphatic carbocycles. The maximum absolute atomic E-state index is 12.5. The van der Waals surface area contributed by atoms with Gasteiger partial charge in [0, 0.05) is 31.7 Å². The summed E-state index contributed by atoms with van der Waals surface area (Å²) in [5.74, 6) is 0.462. The van der Waals surface area contributed by atoms with Gasteiger partial charge in [0.05, 0.1) is 0 Å². The smallest absolute Gasteiger partial charge is 0.274 e. The van der Waals surface area contributed by atoms with E-state index in [4.69, 9.17) is 0 Å². The van der Waals surface area contributed by atoms with Crippen LogP contribution in [0.5, 0.6) is 0 Å². The average molecular weight is 361 g/mol. The second kappa shape index (κ2) is 8.40. The molecule has 3 rings (SSSR count). The van der Waals surface area contributed by atoms with Crippen molar-refractivity contribution in [1.29, 1.82) is 0 Å². The van der Waals surface area contributed by atoms with Crippen LogP contribution in [0.4, 0.5) is 11.5 Å². The molecule has 2 heterocycles. The van der Waals surface area contributed by atoms with Gasteiger partial charge in [0.25, 0.3) is 5.91 Å². The normalized spacial score (nSPS) is 10.5. The van der Waals surface area contributed by atoms with Crippen molar-refractivity contribution in [3.05, 3.63) is 77.2 Å². The molecule has 6 heteroatoms. The van der Waals surface area contributed by atoms with Crippen molar-refractivity contribution in [3.8, 4) is 0 Å². The molecule has 0 unspecified atom stereocenters. The van der Waals surface area contributed by atoms with E-state index in [2.05, 4.69) is 46.5 Å². The number of aryl methyl sites for hydroxylation is 2. The highest BCUT2D eigenvalue weighted by atomic mass is 16.2. The minimum absolute atomic E-state index is 0.144. The zero-order valence-electron chi connectivity index (χ0n) is 15.8. The molecule has 0 saturated heterocycles. The van der Waals surface area contributed by atoms with E-state index in [0.29, 0.717) is 18.1 Å². The lowest BCUT2D eigenvalue weighted by Gasteiger charge is -2.16. The molecule has 1 aromatic carbocycles. The Morgan fingerprint density at radius 1 is 1.00 bits per heavy atom. The van der Waals surface area contributed by atoms with Crippen molar-refractivity contribution in [2.45, 2.75) is 20.3 Å². The van der Waals surface area contributed by atoms with Crippen LogP contribution in [-0.2, 0) is 6.42 Å². The van der Waals surface area contributed by atoms with Gasteiger partial charge in [-0.05, 0) is 73.4 Å². The van der Waals surface area contributed by atoms with E-state index < -0.39 is 0 Å². The molecule has 3 aromatic rings. The molecule has 6 nitrogen and oxygen atoms in total. The van der Waals surface area contributed by atoms with Crippen LogP contribution >= 0.6 is 0 Å². The third kappa shape index (κ3) is 4.88. The number of nitrogens with zero attached hydrogens (tertiary/aromatic N) is 4. The fourth-order valence-corrected chi connectivity index (χ4v) is 2.62. The first-order chi connectivity index (χ1) is 13.0. The lowest BCUT2D eigenvalue weighted by atomic mass is 10.1. The summed E-state index contributed by atoms with van der Waals surface area (Å²) < 4.78 is 0. The number of benzene rings is 1. The van der Waals surface area contributed by atoms with Gasteiger partial charge in [0.2, 0.25) is 0 Å². The predicted octanol–water partition coefficient (Wildman–Crippen LogP) is 3.55. The van der Waals surface area contributed by atoms with Crippen LogP contribution in [0.2, 0.25) is 0 Å². The van der Waals surface area contributed by atoms with E-state index in [0.717, 1.165) is 17.7 Å². The lowest BCUT2D eigenvalue weighted by molar-refractivity contribution is 0.0789. The number of nitrogens with one attached hydrogen (secondary N) is 1. The summed E-state index contributed by atoms with van der Waals surface area (Å²) in [5.41, 5.74) is 4.86. The summed E-state index contributed by atoms with van der Waals surface area (Å²) in [4.78, 5) is 18.2. The molecule has 2 aromatic heterocycles. The highest BCUT2D eigenvalue weighted by Gasteiger charge is 2.14. The minimum atomic E-state index is -0.144. The molecule has 138 valence electrons. The lowest BCUT2D eigenvalue weighted by Crippen LogP contribution is -2.29. The summed E-state index contributed by atoms with van der Waals surface area (Å²) in [6.07, 6.45) is 4.28. The molecule has 0 radical (unpaired) electrons. The van der Waals surface area contributed by atoms with Gasteiger partial charge in [-0.15, -0.1) is 10.2 Å². The minimum Gasteiger partial charge on any atom is -0.340 e. The fraction of sp³-hybridized carbons (Fsp3) is 0.238. The van der Waals surface area contributed by atoms with E-state index in [9.17, 15) is 4.79 Å². The van der Waals surface area contributed by atoms with E-state index in [1.54, 1.807) is 36.5 Å².